The van der Waals surface area contributed by atoms with E-state index in [0.29, 0.717) is 18.7 Å². The zero-order valence-corrected chi connectivity index (χ0v) is 17.9. The standard InChI is InChI=1S/C25H27N3O3/c1-26(2)14-6-7-18-10-12-19(13-11-18)24-21-15-27(16-23(30)28(21)22(24)17-29)25(31)20-8-4-3-5-9-20/h3-5,8-13,21-22,24,29H,14-17H2,1-2H3/t21-,22-,24-/m1/s1. The summed E-state index contributed by atoms with van der Waals surface area (Å²) in [6.07, 6.45) is 0. The average Bonchev–Trinajstić information content (AvgIpc) is 2.76. The number of hydrogen-bond donors (Lipinski definition) is 1. The van der Waals surface area contributed by atoms with E-state index < -0.39 is 0 Å². The number of piperazine rings is 1. The second-order valence-corrected chi connectivity index (χ2v) is 8.36. The van der Waals surface area contributed by atoms with Crippen molar-refractivity contribution in [1.82, 2.24) is 14.7 Å². The van der Waals surface area contributed by atoms with Crippen LogP contribution in [0.2, 0.25) is 0 Å². The third-order valence-electron chi connectivity index (χ3n) is 5.98. The molecule has 2 amide bonds. The van der Waals surface area contributed by atoms with E-state index in [-0.39, 0.29) is 43.0 Å². The smallest absolute Gasteiger partial charge is 0.254 e. The van der Waals surface area contributed by atoms with Gasteiger partial charge in [-0.05, 0) is 43.9 Å². The molecule has 31 heavy (non-hydrogen) atoms. The Balaban J connectivity index is 1.52. The van der Waals surface area contributed by atoms with Gasteiger partial charge in [0.05, 0.1) is 25.2 Å². The Morgan fingerprint density at radius 3 is 2.48 bits per heavy atom. The maximum absolute atomic E-state index is 12.9. The first kappa shape index (κ1) is 21.1. The van der Waals surface area contributed by atoms with E-state index in [2.05, 4.69) is 11.8 Å². The molecule has 3 atom stereocenters. The molecule has 0 saturated carbocycles. The first-order chi connectivity index (χ1) is 15.0. The summed E-state index contributed by atoms with van der Waals surface area (Å²) >= 11 is 0. The van der Waals surface area contributed by atoms with Gasteiger partial charge in [-0.3, -0.25) is 14.5 Å². The lowest BCUT2D eigenvalue weighted by atomic mass is 9.73. The van der Waals surface area contributed by atoms with Gasteiger partial charge in [0.1, 0.15) is 6.54 Å². The number of aliphatic hydroxyl groups is 1. The van der Waals surface area contributed by atoms with Crippen LogP contribution in [0.4, 0.5) is 0 Å². The molecule has 0 bridgehead atoms. The lowest BCUT2D eigenvalue weighted by Gasteiger charge is -2.58. The number of amides is 2. The molecule has 2 fully saturated rings. The molecule has 4 rings (SSSR count). The van der Waals surface area contributed by atoms with Gasteiger partial charge in [0.15, 0.2) is 0 Å². The van der Waals surface area contributed by atoms with Crippen LogP contribution in [0, 0.1) is 11.8 Å². The largest absolute Gasteiger partial charge is 0.394 e. The monoisotopic (exact) mass is 417 g/mol. The molecule has 2 saturated heterocycles. The number of fused-ring (bicyclic) bond motifs is 1. The molecular weight excluding hydrogens is 390 g/mol. The lowest BCUT2D eigenvalue weighted by Crippen LogP contribution is -2.73. The van der Waals surface area contributed by atoms with Gasteiger partial charge in [-0.2, -0.15) is 0 Å². The highest BCUT2D eigenvalue weighted by atomic mass is 16.3. The van der Waals surface area contributed by atoms with Crippen molar-refractivity contribution in [3.8, 4) is 11.8 Å². The van der Waals surface area contributed by atoms with Crippen molar-refractivity contribution in [2.45, 2.75) is 18.0 Å². The minimum Gasteiger partial charge on any atom is -0.394 e. The number of hydrogen-bond acceptors (Lipinski definition) is 4. The SMILES string of the molecule is CN(C)CC#Cc1ccc([C@H]2[C@@H](CO)N3C(=O)CN(C(=O)c4ccccc4)C[C@H]23)cc1. The summed E-state index contributed by atoms with van der Waals surface area (Å²) in [7, 11) is 3.96. The normalized spacial score (nSPS) is 22.5. The van der Waals surface area contributed by atoms with Gasteiger partial charge in [0.2, 0.25) is 5.91 Å². The summed E-state index contributed by atoms with van der Waals surface area (Å²) in [4.78, 5) is 31.1. The fourth-order valence-corrected chi connectivity index (χ4v) is 4.51. The van der Waals surface area contributed by atoms with Gasteiger partial charge in [0, 0.05) is 23.6 Å². The Labute approximate surface area is 183 Å². The molecule has 6 heteroatoms. The molecule has 0 spiro atoms. The zero-order valence-electron chi connectivity index (χ0n) is 17.9. The van der Waals surface area contributed by atoms with Crippen molar-refractivity contribution in [2.75, 3.05) is 40.3 Å². The van der Waals surface area contributed by atoms with Gasteiger partial charge in [0.25, 0.3) is 5.91 Å². The predicted molar refractivity (Wildman–Crippen MR) is 118 cm³/mol. The van der Waals surface area contributed by atoms with Crippen molar-refractivity contribution in [3.05, 3.63) is 71.3 Å². The minimum atomic E-state index is -0.253. The number of carbonyl (C=O) groups excluding carboxylic acids is 2. The van der Waals surface area contributed by atoms with Crippen LogP contribution in [0.5, 0.6) is 0 Å². The maximum atomic E-state index is 12.9. The first-order valence-corrected chi connectivity index (χ1v) is 10.5. The molecule has 0 aliphatic carbocycles. The first-order valence-electron chi connectivity index (χ1n) is 10.5. The molecule has 2 aromatic rings. The summed E-state index contributed by atoms with van der Waals surface area (Å²) in [5.41, 5.74) is 2.57. The Bertz CT molecular complexity index is 1010. The minimum absolute atomic E-state index is 0.0101. The molecule has 0 radical (unpaired) electrons. The highest BCUT2D eigenvalue weighted by Crippen LogP contribution is 2.43. The summed E-state index contributed by atoms with van der Waals surface area (Å²) in [5.74, 6) is 6.02. The topological polar surface area (TPSA) is 64.1 Å². The third kappa shape index (κ3) is 4.20. The third-order valence-corrected chi connectivity index (χ3v) is 5.98. The van der Waals surface area contributed by atoms with E-state index in [0.717, 1.165) is 11.1 Å². The summed E-state index contributed by atoms with van der Waals surface area (Å²) in [5, 5.41) is 9.95. The fourth-order valence-electron chi connectivity index (χ4n) is 4.51. The second kappa shape index (κ2) is 8.93. The van der Waals surface area contributed by atoms with E-state index in [9.17, 15) is 14.7 Å². The van der Waals surface area contributed by atoms with Gasteiger partial charge >= 0.3 is 0 Å². The van der Waals surface area contributed by atoms with Crippen LogP contribution >= 0.6 is 0 Å². The van der Waals surface area contributed by atoms with E-state index >= 15 is 0 Å². The molecule has 2 aliphatic rings. The van der Waals surface area contributed by atoms with E-state index in [1.54, 1.807) is 21.9 Å². The molecule has 6 nitrogen and oxygen atoms in total. The van der Waals surface area contributed by atoms with Gasteiger partial charge in [-0.1, -0.05) is 42.2 Å². The maximum Gasteiger partial charge on any atom is 0.254 e. The number of rotatable bonds is 4. The lowest BCUT2D eigenvalue weighted by molar-refractivity contribution is -0.159. The van der Waals surface area contributed by atoms with Crippen LogP contribution in [-0.2, 0) is 4.79 Å². The average molecular weight is 418 g/mol. The number of aliphatic hydroxyl groups excluding tert-OH is 1. The Morgan fingerprint density at radius 1 is 1.13 bits per heavy atom. The van der Waals surface area contributed by atoms with Crippen molar-refractivity contribution in [1.29, 1.82) is 0 Å². The molecule has 2 aliphatic heterocycles. The van der Waals surface area contributed by atoms with Gasteiger partial charge < -0.3 is 14.9 Å². The molecular formula is C25H27N3O3. The van der Waals surface area contributed by atoms with E-state index in [1.165, 1.54) is 0 Å². The zero-order chi connectivity index (χ0) is 22.0. The van der Waals surface area contributed by atoms with Crippen LogP contribution in [0.3, 0.4) is 0 Å². The molecule has 0 unspecified atom stereocenters. The van der Waals surface area contributed by atoms with Gasteiger partial charge in [-0.15, -0.1) is 0 Å². The van der Waals surface area contributed by atoms with E-state index in [1.807, 2.05) is 61.5 Å². The summed E-state index contributed by atoms with van der Waals surface area (Å²) in [6, 6.07) is 16.7. The fraction of sp³-hybridized carbons (Fsp3) is 0.360. The number of carbonyl (C=O) groups is 2. The predicted octanol–water partition coefficient (Wildman–Crippen LogP) is 1.41. The molecule has 160 valence electrons. The Hall–Kier alpha value is -3.14. The second-order valence-electron chi connectivity index (χ2n) is 8.36. The summed E-state index contributed by atoms with van der Waals surface area (Å²) in [6.45, 7) is 1.12. The highest BCUT2D eigenvalue weighted by molar-refractivity contribution is 5.97. The quantitative estimate of drug-likeness (QED) is 0.765. The van der Waals surface area contributed by atoms with Crippen LogP contribution in [0.15, 0.2) is 54.6 Å². The van der Waals surface area contributed by atoms with Crippen LogP contribution < -0.4 is 0 Å². The number of nitrogens with zero attached hydrogens (tertiary/aromatic N) is 3. The molecule has 2 heterocycles. The van der Waals surface area contributed by atoms with E-state index in [4.69, 9.17) is 0 Å². The molecule has 1 N–H and O–H groups in total. The Kier molecular flexibility index (Phi) is 6.08. The van der Waals surface area contributed by atoms with Crippen LogP contribution in [-0.4, -0.2) is 84.0 Å². The molecule has 2 aromatic carbocycles. The highest BCUT2D eigenvalue weighted by Gasteiger charge is 2.54. The van der Waals surface area contributed by atoms with Crippen molar-refractivity contribution in [3.63, 3.8) is 0 Å². The number of benzene rings is 2. The molecule has 0 aromatic heterocycles. The summed E-state index contributed by atoms with van der Waals surface area (Å²) < 4.78 is 0. The van der Waals surface area contributed by atoms with Crippen molar-refractivity contribution < 1.29 is 14.7 Å². The van der Waals surface area contributed by atoms with Crippen molar-refractivity contribution >= 4 is 11.8 Å². The van der Waals surface area contributed by atoms with Crippen LogP contribution in [0.25, 0.3) is 0 Å². The van der Waals surface area contributed by atoms with Crippen molar-refractivity contribution in [2.24, 2.45) is 0 Å². The Morgan fingerprint density at radius 2 is 1.84 bits per heavy atom. The van der Waals surface area contributed by atoms with Crippen LogP contribution in [0.1, 0.15) is 27.4 Å². The van der Waals surface area contributed by atoms with Gasteiger partial charge in [-0.25, -0.2) is 0 Å².